The van der Waals surface area contributed by atoms with Gasteiger partial charge in [0, 0.05) is 20.3 Å². The van der Waals surface area contributed by atoms with E-state index < -0.39 is 24.3 Å². The molecule has 0 aromatic carbocycles. The van der Waals surface area contributed by atoms with Crippen LogP contribution < -0.4 is 0 Å². The molecule has 7 heteroatoms. The van der Waals surface area contributed by atoms with Gasteiger partial charge in [0.2, 0.25) is 0 Å². The third kappa shape index (κ3) is 9.54. The molecule has 0 bridgehead atoms. The van der Waals surface area contributed by atoms with Crippen LogP contribution in [-0.2, 0) is 28.5 Å². The van der Waals surface area contributed by atoms with E-state index in [1.54, 1.807) is 19.9 Å². The molecule has 0 aromatic heterocycles. The fraction of sp³-hybridized carbons (Fsp3) is 0.786. The highest BCUT2D eigenvalue weighted by Crippen LogP contribution is 2.14. The van der Waals surface area contributed by atoms with Gasteiger partial charge in [0.15, 0.2) is 0 Å². The van der Waals surface area contributed by atoms with E-state index in [-0.39, 0.29) is 13.6 Å². The molecular formula is C14H26O7. The highest BCUT2D eigenvalue weighted by atomic mass is 16.7. The lowest BCUT2D eigenvalue weighted by Gasteiger charge is -2.28. The van der Waals surface area contributed by atoms with Gasteiger partial charge in [-0.1, -0.05) is 6.08 Å². The van der Waals surface area contributed by atoms with Crippen LogP contribution in [0.3, 0.4) is 0 Å². The summed E-state index contributed by atoms with van der Waals surface area (Å²) in [6.45, 7) is 3.73. The van der Waals surface area contributed by atoms with Gasteiger partial charge in [0.05, 0.1) is 18.8 Å². The number of ether oxygens (including phenoxy) is 5. The van der Waals surface area contributed by atoms with Crippen molar-refractivity contribution in [2.45, 2.75) is 38.6 Å². The molecule has 0 aliphatic rings. The molecule has 0 saturated carbocycles. The zero-order valence-electron chi connectivity index (χ0n) is 13.1. The Balaban J connectivity index is 4.61. The Labute approximate surface area is 125 Å². The maximum atomic E-state index is 11.2. The summed E-state index contributed by atoms with van der Waals surface area (Å²) in [5.74, 6) is -0.422. The number of carbonyl (C=O) groups excluding carboxylic acids is 1. The fourth-order valence-corrected chi connectivity index (χ4v) is 1.65. The molecule has 0 rings (SSSR count). The van der Waals surface area contributed by atoms with Crippen LogP contribution in [0.1, 0.15) is 20.3 Å². The minimum Gasteiger partial charge on any atom is -0.463 e. The summed E-state index contributed by atoms with van der Waals surface area (Å²) in [4.78, 5) is 11.2. The van der Waals surface area contributed by atoms with E-state index in [4.69, 9.17) is 23.7 Å². The molecule has 0 amide bonds. The predicted octanol–water partition coefficient (Wildman–Crippen LogP) is 0.855. The molecule has 0 aromatic rings. The summed E-state index contributed by atoms with van der Waals surface area (Å²) in [5, 5.41) is 9.78. The smallest absolute Gasteiger partial charge is 0.330 e. The molecule has 21 heavy (non-hydrogen) atoms. The predicted molar refractivity (Wildman–Crippen MR) is 75.6 cm³/mol. The molecule has 0 fully saturated rings. The van der Waals surface area contributed by atoms with Gasteiger partial charge >= 0.3 is 5.97 Å². The maximum absolute atomic E-state index is 11.2. The van der Waals surface area contributed by atoms with Crippen molar-refractivity contribution in [1.29, 1.82) is 0 Å². The minimum atomic E-state index is -0.766. The van der Waals surface area contributed by atoms with Crippen molar-refractivity contribution in [1.82, 2.24) is 0 Å². The first kappa shape index (κ1) is 20.0. The van der Waals surface area contributed by atoms with Crippen molar-refractivity contribution in [3.05, 3.63) is 12.2 Å². The van der Waals surface area contributed by atoms with Crippen LogP contribution in [0.4, 0.5) is 0 Å². The Morgan fingerprint density at radius 3 is 2.33 bits per heavy atom. The lowest BCUT2D eigenvalue weighted by atomic mass is 10.1. The monoisotopic (exact) mass is 306 g/mol. The van der Waals surface area contributed by atoms with Gasteiger partial charge in [-0.15, -0.1) is 0 Å². The third-order valence-corrected chi connectivity index (χ3v) is 2.53. The molecule has 7 nitrogen and oxygen atoms in total. The maximum Gasteiger partial charge on any atom is 0.330 e. The summed E-state index contributed by atoms with van der Waals surface area (Å²) in [7, 11) is 2.99. The van der Waals surface area contributed by atoms with Gasteiger partial charge in [0.1, 0.15) is 19.7 Å². The zero-order chi connectivity index (χ0) is 16.1. The molecule has 0 spiro atoms. The van der Waals surface area contributed by atoms with Crippen molar-refractivity contribution < 1.29 is 33.6 Å². The summed E-state index contributed by atoms with van der Waals surface area (Å²) >= 11 is 0. The zero-order valence-corrected chi connectivity index (χ0v) is 13.1. The van der Waals surface area contributed by atoms with E-state index in [1.165, 1.54) is 20.3 Å². The molecular weight excluding hydrogens is 280 g/mol. The van der Waals surface area contributed by atoms with Crippen LogP contribution in [-0.4, -0.2) is 63.8 Å². The number of hydrogen-bond donors (Lipinski definition) is 1. The minimum absolute atomic E-state index is 0.0317. The molecule has 1 N–H and O–H groups in total. The topological polar surface area (TPSA) is 83.5 Å². The Kier molecular flexibility index (Phi) is 12.1. The molecule has 0 radical (unpaired) electrons. The van der Waals surface area contributed by atoms with Crippen LogP contribution in [0.5, 0.6) is 0 Å². The first-order valence-electron chi connectivity index (χ1n) is 6.79. The quantitative estimate of drug-likeness (QED) is 0.325. The lowest BCUT2D eigenvalue weighted by Crippen LogP contribution is -2.40. The Morgan fingerprint density at radius 2 is 1.81 bits per heavy atom. The second kappa shape index (κ2) is 12.7. The largest absolute Gasteiger partial charge is 0.463 e. The Hall–Kier alpha value is -0.990. The third-order valence-electron chi connectivity index (χ3n) is 2.53. The number of rotatable bonds is 12. The van der Waals surface area contributed by atoms with Gasteiger partial charge in [-0.25, -0.2) is 4.79 Å². The Morgan fingerprint density at radius 1 is 1.19 bits per heavy atom. The second-order valence-electron chi connectivity index (χ2n) is 4.28. The summed E-state index contributed by atoms with van der Waals surface area (Å²) in [5.41, 5.74) is 0. The van der Waals surface area contributed by atoms with Crippen LogP contribution >= 0.6 is 0 Å². The molecule has 3 atom stereocenters. The lowest BCUT2D eigenvalue weighted by molar-refractivity contribution is -0.181. The van der Waals surface area contributed by atoms with E-state index >= 15 is 0 Å². The normalized spacial score (nSPS) is 15.9. The summed E-state index contributed by atoms with van der Waals surface area (Å²) in [6.07, 6.45) is 1.45. The molecule has 0 aliphatic heterocycles. The number of carbonyl (C=O) groups is 1. The standard InChI is InChI=1S/C14H26O7/c1-5-19-13(16)8-6-7-12(20-9-17-3)14(11(2)15)21-10-18-4/h6,8,11-12,14-15H,5,7,9-10H2,1-4H3/b8-6+/t11-,12-,14-/m1/s1. The number of aliphatic hydroxyl groups is 1. The number of methoxy groups -OCH3 is 2. The van der Waals surface area contributed by atoms with Gasteiger partial charge in [-0.3, -0.25) is 0 Å². The van der Waals surface area contributed by atoms with Crippen LogP contribution in [0.25, 0.3) is 0 Å². The SMILES string of the molecule is CCOC(=O)/C=C/C[C@@H](OCOC)[C@H](OCOC)[C@@H](C)O. The van der Waals surface area contributed by atoms with Crippen molar-refractivity contribution in [3.8, 4) is 0 Å². The molecule has 0 aliphatic carbocycles. The van der Waals surface area contributed by atoms with Crippen LogP contribution in [0, 0.1) is 0 Å². The van der Waals surface area contributed by atoms with E-state index in [9.17, 15) is 9.90 Å². The first-order valence-corrected chi connectivity index (χ1v) is 6.79. The van der Waals surface area contributed by atoms with Gasteiger partial charge in [-0.05, 0) is 20.3 Å². The number of esters is 1. The van der Waals surface area contributed by atoms with Crippen molar-refractivity contribution in [3.63, 3.8) is 0 Å². The van der Waals surface area contributed by atoms with Gasteiger partial charge in [0.25, 0.3) is 0 Å². The number of hydrogen-bond acceptors (Lipinski definition) is 7. The number of aliphatic hydroxyl groups excluding tert-OH is 1. The first-order chi connectivity index (χ1) is 10.1. The molecule has 0 saturated heterocycles. The van der Waals surface area contributed by atoms with E-state index in [1.807, 2.05) is 0 Å². The van der Waals surface area contributed by atoms with Gasteiger partial charge < -0.3 is 28.8 Å². The second-order valence-corrected chi connectivity index (χ2v) is 4.28. The van der Waals surface area contributed by atoms with E-state index in [2.05, 4.69) is 0 Å². The fourth-order valence-electron chi connectivity index (χ4n) is 1.65. The van der Waals surface area contributed by atoms with Crippen molar-refractivity contribution in [2.24, 2.45) is 0 Å². The molecule has 0 unspecified atom stereocenters. The van der Waals surface area contributed by atoms with Crippen LogP contribution in [0.2, 0.25) is 0 Å². The molecule has 0 heterocycles. The highest BCUT2D eigenvalue weighted by Gasteiger charge is 2.27. The van der Waals surface area contributed by atoms with Gasteiger partial charge in [-0.2, -0.15) is 0 Å². The van der Waals surface area contributed by atoms with E-state index in [0.717, 1.165) is 0 Å². The summed E-state index contributed by atoms with van der Waals surface area (Å²) < 4.78 is 25.4. The van der Waals surface area contributed by atoms with Crippen molar-refractivity contribution in [2.75, 3.05) is 34.4 Å². The van der Waals surface area contributed by atoms with Crippen LogP contribution in [0.15, 0.2) is 12.2 Å². The average molecular weight is 306 g/mol. The Bertz CT molecular complexity index is 291. The average Bonchev–Trinajstić information content (AvgIpc) is 2.44. The molecule has 124 valence electrons. The highest BCUT2D eigenvalue weighted by molar-refractivity contribution is 5.81. The van der Waals surface area contributed by atoms with E-state index in [0.29, 0.717) is 13.0 Å². The van der Waals surface area contributed by atoms with Crippen molar-refractivity contribution >= 4 is 5.97 Å². The summed E-state index contributed by atoms with van der Waals surface area (Å²) in [6, 6.07) is 0.